The number of carbonyl (C=O) groups excluding carboxylic acids is 1. The van der Waals surface area contributed by atoms with E-state index in [1.165, 1.54) is 49.5 Å². The van der Waals surface area contributed by atoms with Crippen molar-refractivity contribution in [3.05, 3.63) is 35.4 Å². The molecular weight excluding hydrogens is 384 g/mol. The molecule has 2 aliphatic carbocycles. The Morgan fingerprint density at radius 1 is 0.966 bits per heavy atom. The number of sulfonamides is 1. The van der Waals surface area contributed by atoms with Crippen molar-refractivity contribution in [2.75, 3.05) is 19.3 Å². The van der Waals surface area contributed by atoms with Crippen molar-refractivity contribution in [3.63, 3.8) is 0 Å². The summed E-state index contributed by atoms with van der Waals surface area (Å²) < 4.78 is 25.7. The molecule has 0 unspecified atom stereocenters. The Balaban J connectivity index is 1.39. The lowest BCUT2D eigenvalue weighted by Crippen LogP contribution is -2.36. The summed E-state index contributed by atoms with van der Waals surface area (Å²) in [4.78, 5) is 15.1. The molecule has 2 saturated carbocycles. The quantitative estimate of drug-likeness (QED) is 0.792. The predicted octanol–water partition coefficient (Wildman–Crippen LogP) is 3.77. The second-order valence-electron chi connectivity index (χ2n) is 9.26. The van der Waals surface area contributed by atoms with Gasteiger partial charge < -0.3 is 4.90 Å². The van der Waals surface area contributed by atoms with Crippen LogP contribution in [0.2, 0.25) is 0 Å². The van der Waals surface area contributed by atoms with Gasteiger partial charge in [0.15, 0.2) is 0 Å². The third kappa shape index (κ3) is 5.21. The summed E-state index contributed by atoms with van der Waals surface area (Å²) in [5.74, 6) is 1.42. The van der Waals surface area contributed by atoms with E-state index in [0.29, 0.717) is 24.8 Å². The molecule has 0 bridgehead atoms. The van der Waals surface area contributed by atoms with Crippen LogP contribution in [0.25, 0.3) is 0 Å². The topological polar surface area (TPSA) is 66.5 Å². The SMILES string of the molecule is CS(=O)(=O)N[C@@H]1CCCN(C(=O)[C@@H]2C[C@H]2c2ccccc2C2CCCCC2)CC1. The lowest BCUT2D eigenvalue weighted by molar-refractivity contribution is -0.132. The molecule has 0 spiro atoms. The van der Waals surface area contributed by atoms with Crippen LogP contribution in [0, 0.1) is 5.92 Å². The van der Waals surface area contributed by atoms with Crippen molar-refractivity contribution in [2.45, 2.75) is 75.7 Å². The van der Waals surface area contributed by atoms with Gasteiger partial charge >= 0.3 is 0 Å². The van der Waals surface area contributed by atoms with Crippen LogP contribution in [0.5, 0.6) is 0 Å². The summed E-state index contributed by atoms with van der Waals surface area (Å²) in [6.45, 7) is 1.40. The minimum atomic E-state index is -3.20. The van der Waals surface area contributed by atoms with E-state index in [1.54, 1.807) is 0 Å². The Bertz CT molecular complexity index is 832. The summed E-state index contributed by atoms with van der Waals surface area (Å²) in [6, 6.07) is 8.75. The van der Waals surface area contributed by atoms with Gasteiger partial charge in [-0.3, -0.25) is 4.79 Å². The average molecular weight is 419 g/mol. The lowest BCUT2D eigenvalue weighted by atomic mass is 9.81. The summed E-state index contributed by atoms with van der Waals surface area (Å²) in [6.07, 6.45) is 11.1. The summed E-state index contributed by atoms with van der Waals surface area (Å²) in [7, 11) is -3.20. The number of benzene rings is 1. The van der Waals surface area contributed by atoms with E-state index in [2.05, 4.69) is 29.0 Å². The van der Waals surface area contributed by atoms with Gasteiger partial charge in [0, 0.05) is 25.0 Å². The van der Waals surface area contributed by atoms with Gasteiger partial charge in [-0.25, -0.2) is 13.1 Å². The fourth-order valence-electron chi connectivity index (χ4n) is 5.42. The molecular formula is C23H34N2O3S. The molecule has 1 saturated heterocycles. The van der Waals surface area contributed by atoms with Gasteiger partial charge in [0.1, 0.15) is 0 Å². The van der Waals surface area contributed by atoms with Gasteiger partial charge in [-0.1, -0.05) is 43.5 Å². The highest BCUT2D eigenvalue weighted by molar-refractivity contribution is 7.88. The number of nitrogens with one attached hydrogen (secondary N) is 1. The number of carbonyl (C=O) groups is 1. The molecule has 1 heterocycles. The minimum Gasteiger partial charge on any atom is -0.342 e. The number of rotatable bonds is 5. The maximum absolute atomic E-state index is 13.2. The van der Waals surface area contributed by atoms with Crippen LogP contribution >= 0.6 is 0 Å². The van der Waals surface area contributed by atoms with Crippen molar-refractivity contribution in [3.8, 4) is 0 Å². The maximum atomic E-state index is 13.2. The van der Waals surface area contributed by atoms with Gasteiger partial charge in [0.2, 0.25) is 15.9 Å². The number of amides is 1. The van der Waals surface area contributed by atoms with E-state index >= 15 is 0 Å². The van der Waals surface area contributed by atoms with E-state index in [-0.39, 0.29) is 17.9 Å². The summed E-state index contributed by atoms with van der Waals surface area (Å²) in [5.41, 5.74) is 2.89. The first-order chi connectivity index (χ1) is 13.9. The van der Waals surface area contributed by atoms with Crippen LogP contribution in [-0.4, -0.2) is 44.6 Å². The third-order valence-corrected chi connectivity index (χ3v) is 7.73. The van der Waals surface area contributed by atoms with E-state index < -0.39 is 10.0 Å². The fourth-order valence-corrected chi connectivity index (χ4v) is 6.26. The Hall–Kier alpha value is -1.40. The first-order valence-electron chi connectivity index (χ1n) is 11.3. The molecule has 3 fully saturated rings. The summed E-state index contributed by atoms with van der Waals surface area (Å²) >= 11 is 0. The van der Waals surface area contributed by atoms with Crippen molar-refractivity contribution in [2.24, 2.45) is 5.92 Å². The van der Waals surface area contributed by atoms with Crippen LogP contribution in [0.4, 0.5) is 0 Å². The van der Waals surface area contributed by atoms with Crippen molar-refractivity contribution >= 4 is 15.9 Å². The van der Waals surface area contributed by atoms with Crippen LogP contribution in [0.1, 0.15) is 80.8 Å². The van der Waals surface area contributed by atoms with Gasteiger partial charge in [-0.15, -0.1) is 0 Å². The molecule has 160 valence electrons. The monoisotopic (exact) mass is 418 g/mol. The average Bonchev–Trinajstić information content (AvgIpc) is 3.52. The van der Waals surface area contributed by atoms with Gasteiger partial charge in [-0.05, 0) is 61.5 Å². The number of hydrogen-bond acceptors (Lipinski definition) is 3. The second kappa shape index (κ2) is 8.76. The Morgan fingerprint density at radius 2 is 1.69 bits per heavy atom. The molecule has 6 heteroatoms. The molecule has 1 aromatic rings. The number of hydrogen-bond donors (Lipinski definition) is 1. The molecule has 1 amide bonds. The standard InChI is InChI=1S/C23H34N2O3S/c1-29(27,28)24-18-10-7-14-25(15-13-18)23(26)22-16-21(22)20-12-6-5-11-19(20)17-8-3-2-4-9-17/h5-6,11-12,17-18,21-22,24H,2-4,7-10,13-16H2,1H3/t18-,21+,22-/m1/s1. The lowest BCUT2D eigenvalue weighted by Gasteiger charge is -2.25. The molecule has 29 heavy (non-hydrogen) atoms. The molecule has 1 aliphatic heterocycles. The zero-order chi connectivity index (χ0) is 20.4. The van der Waals surface area contributed by atoms with Crippen molar-refractivity contribution < 1.29 is 13.2 Å². The molecule has 1 N–H and O–H groups in total. The third-order valence-electron chi connectivity index (χ3n) is 6.97. The molecule has 0 aromatic heterocycles. The zero-order valence-corrected chi connectivity index (χ0v) is 18.3. The van der Waals surface area contributed by atoms with E-state index in [9.17, 15) is 13.2 Å². The molecule has 1 aromatic carbocycles. The molecule has 4 rings (SSSR count). The van der Waals surface area contributed by atoms with Gasteiger partial charge in [0.05, 0.1) is 6.26 Å². The van der Waals surface area contributed by atoms with Gasteiger partial charge in [-0.2, -0.15) is 0 Å². The predicted molar refractivity (Wildman–Crippen MR) is 115 cm³/mol. The maximum Gasteiger partial charge on any atom is 0.226 e. The Morgan fingerprint density at radius 3 is 2.41 bits per heavy atom. The number of nitrogens with zero attached hydrogens (tertiary/aromatic N) is 1. The fraction of sp³-hybridized carbons (Fsp3) is 0.696. The largest absolute Gasteiger partial charge is 0.342 e. The van der Waals surface area contributed by atoms with Gasteiger partial charge in [0.25, 0.3) is 0 Å². The van der Waals surface area contributed by atoms with Crippen LogP contribution in [0.15, 0.2) is 24.3 Å². The number of likely N-dealkylation sites (tertiary alicyclic amines) is 1. The van der Waals surface area contributed by atoms with Crippen molar-refractivity contribution in [1.29, 1.82) is 0 Å². The van der Waals surface area contributed by atoms with Crippen molar-refractivity contribution in [1.82, 2.24) is 9.62 Å². The first kappa shape index (κ1) is 20.9. The highest BCUT2D eigenvalue weighted by Gasteiger charge is 2.47. The van der Waals surface area contributed by atoms with Crippen LogP contribution in [0.3, 0.4) is 0 Å². The second-order valence-corrected chi connectivity index (χ2v) is 11.0. The highest BCUT2D eigenvalue weighted by atomic mass is 32.2. The highest BCUT2D eigenvalue weighted by Crippen LogP contribution is 2.51. The van der Waals surface area contributed by atoms with E-state index in [4.69, 9.17) is 0 Å². The normalized spacial score (nSPS) is 28.7. The molecule has 0 radical (unpaired) electrons. The molecule has 3 aliphatic rings. The summed E-state index contributed by atoms with van der Waals surface area (Å²) in [5, 5.41) is 0. The Labute approximate surface area is 175 Å². The minimum absolute atomic E-state index is 0.0511. The molecule has 3 atom stereocenters. The van der Waals surface area contributed by atoms with E-state index in [1.807, 2.05) is 4.90 Å². The van der Waals surface area contributed by atoms with Crippen LogP contribution < -0.4 is 4.72 Å². The zero-order valence-electron chi connectivity index (χ0n) is 17.5. The van der Waals surface area contributed by atoms with E-state index in [0.717, 1.165) is 25.8 Å². The van der Waals surface area contributed by atoms with Crippen LogP contribution in [-0.2, 0) is 14.8 Å². The smallest absolute Gasteiger partial charge is 0.226 e. The Kier molecular flexibility index (Phi) is 6.30. The molecule has 5 nitrogen and oxygen atoms in total. The first-order valence-corrected chi connectivity index (χ1v) is 13.2.